The molecule has 0 aliphatic heterocycles. The summed E-state index contributed by atoms with van der Waals surface area (Å²) >= 11 is 0. The number of nitrogens with one attached hydrogen (secondary N) is 2. The number of fused-ring (bicyclic) bond motifs is 1. The molecule has 0 spiro atoms. The molecule has 5 N–H and O–H groups in total. The molecule has 0 aliphatic carbocycles. The highest BCUT2D eigenvalue weighted by atomic mass is 19.1. The highest BCUT2D eigenvalue weighted by Crippen LogP contribution is 2.21. The maximum Gasteiger partial charge on any atom is 0.341 e. The minimum absolute atomic E-state index is 0.0285. The zero-order valence-electron chi connectivity index (χ0n) is 12.1. The van der Waals surface area contributed by atoms with E-state index in [2.05, 4.69) is 15.3 Å². The number of carbonyl (C=O) groups is 1. The fraction of sp³-hybridized carbons (Fsp3) is 0.357. The van der Waals surface area contributed by atoms with Gasteiger partial charge in [-0.3, -0.25) is 4.79 Å². The third-order valence-corrected chi connectivity index (χ3v) is 3.35. The number of carboxylic acid groups (broad SMARTS) is 1. The van der Waals surface area contributed by atoms with Crippen LogP contribution in [0.4, 0.5) is 10.2 Å². The maximum atomic E-state index is 14.3. The molecule has 22 heavy (non-hydrogen) atoms. The number of nitrogens with zero attached hydrogens (tertiary/aromatic N) is 1. The number of anilines is 1. The van der Waals surface area contributed by atoms with E-state index in [1.165, 1.54) is 6.92 Å². The Morgan fingerprint density at radius 3 is 2.86 bits per heavy atom. The number of halogens is 1. The van der Waals surface area contributed by atoms with E-state index < -0.39 is 22.8 Å². The first-order valence-corrected chi connectivity index (χ1v) is 6.86. The molecule has 0 atom stereocenters. The summed E-state index contributed by atoms with van der Waals surface area (Å²) in [6, 6.07) is 0. The molecule has 2 heterocycles. The summed E-state index contributed by atoms with van der Waals surface area (Å²) in [6.07, 6.45) is 2.64. The molecule has 8 heteroatoms. The SMILES string of the molecule is Cc1c(F)c(NCCCCN)nc2[nH]cc(C(=O)O)c(=O)c12. The van der Waals surface area contributed by atoms with Crippen molar-refractivity contribution < 1.29 is 14.3 Å². The molecule has 7 nitrogen and oxygen atoms in total. The summed E-state index contributed by atoms with van der Waals surface area (Å²) in [7, 11) is 0. The molecule has 118 valence electrons. The van der Waals surface area contributed by atoms with Gasteiger partial charge in [-0.15, -0.1) is 0 Å². The summed E-state index contributed by atoms with van der Waals surface area (Å²) in [4.78, 5) is 29.7. The van der Waals surface area contributed by atoms with Crippen LogP contribution in [0.3, 0.4) is 0 Å². The summed E-state index contributed by atoms with van der Waals surface area (Å²) in [5.74, 6) is -2.00. The lowest BCUT2D eigenvalue weighted by atomic mass is 10.1. The van der Waals surface area contributed by atoms with Crippen molar-refractivity contribution in [1.82, 2.24) is 9.97 Å². The minimum Gasteiger partial charge on any atom is -0.477 e. The number of pyridine rings is 2. The van der Waals surface area contributed by atoms with Crippen LogP contribution in [0.5, 0.6) is 0 Å². The van der Waals surface area contributed by atoms with Gasteiger partial charge in [0, 0.05) is 18.3 Å². The van der Waals surface area contributed by atoms with Crippen LogP contribution in [-0.4, -0.2) is 34.1 Å². The molecule has 0 aromatic carbocycles. The van der Waals surface area contributed by atoms with Gasteiger partial charge in [-0.05, 0) is 26.3 Å². The van der Waals surface area contributed by atoms with Crippen molar-refractivity contribution in [3.63, 3.8) is 0 Å². The molecule has 0 saturated heterocycles. The van der Waals surface area contributed by atoms with E-state index in [4.69, 9.17) is 10.8 Å². The second kappa shape index (κ2) is 6.52. The Labute approximate surface area is 125 Å². The Kier molecular flexibility index (Phi) is 4.71. The monoisotopic (exact) mass is 308 g/mol. The van der Waals surface area contributed by atoms with Crippen LogP contribution in [0, 0.1) is 12.7 Å². The summed E-state index contributed by atoms with van der Waals surface area (Å²) in [5.41, 5.74) is 4.41. The van der Waals surface area contributed by atoms with E-state index in [1.54, 1.807) is 0 Å². The summed E-state index contributed by atoms with van der Waals surface area (Å²) in [5, 5.41) is 11.8. The Morgan fingerprint density at radius 1 is 1.50 bits per heavy atom. The topological polar surface area (TPSA) is 121 Å². The second-order valence-corrected chi connectivity index (χ2v) is 4.88. The summed E-state index contributed by atoms with van der Waals surface area (Å²) < 4.78 is 14.3. The molecule has 0 unspecified atom stereocenters. The number of carboxylic acids is 1. The van der Waals surface area contributed by atoms with Crippen LogP contribution in [0.2, 0.25) is 0 Å². The number of aromatic nitrogens is 2. The Morgan fingerprint density at radius 2 is 2.23 bits per heavy atom. The third kappa shape index (κ3) is 2.91. The predicted octanol–water partition coefficient (Wildman–Crippen LogP) is 1.22. The fourth-order valence-corrected chi connectivity index (χ4v) is 2.16. The lowest BCUT2D eigenvalue weighted by Crippen LogP contribution is -2.18. The zero-order chi connectivity index (χ0) is 16.3. The van der Waals surface area contributed by atoms with Crippen LogP contribution in [0.1, 0.15) is 28.8 Å². The number of hydrogen-bond donors (Lipinski definition) is 4. The highest BCUT2D eigenvalue weighted by Gasteiger charge is 2.18. The van der Waals surface area contributed by atoms with Gasteiger partial charge in [-0.2, -0.15) is 0 Å². The number of H-pyrrole nitrogens is 1. The first-order valence-electron chi connectivity index (χ1n) is 6.86. The van der Waals surface area contributed by atoms with Crippen LogP contribution in [-0.2, 0) is 0 Å². The van der Waals surface area contributed by atoms with Crippen molar-refractivity contribution in [2.75, 3.05) is 18.4 Å². The molecule has 2 aromatic rings. The molecule has 0 bridgehead atoms. The molecule has 0 saturated carbocycles. The van der Waals surface area contributed by atoms with Crippen LogP contribution >= 0.6 is 0 Å². The molecule has 2 rings (SSSR count). The van der Waals surface area contributed by atoms with Gasteiger partial charge in [-0.1, -0.05) is 0 Å². The number of nitrogens with two attached hydrogens (primary N) is 1. The van der Waals surface area contributed by atoms with Crippen LogP contribution in [0.25, 0.3) is 11.0 Å². The van der Waals surface area contributed by atoms with Gasteiger partial charge in [0.15, 0.2) is 11.6 Å². The molecular formula is C14H17FN4O3. The average molecular weight is 308 g/mol. The number of aromatic amines is 1. The third-order valence-electron chi connectivity index (χ3n) is 3.35. The smallest absolute Gasteiger partial charge is 0.341 e. The van der Waals surface area contributed by atoms with Gasteiger partial charge in [-0.25, -0.2) is 14.2 Å². The molecule has 0 fully saturated rings. The van der Waals surface area contributed by atoms with Gasteiger partial charge in [0.2, 0.25) is 5.43 Å². The number of rotatable bonds is 6. The van der Waals surface area contributed by atoms with Gasteiger partial charge < -0.3 is 21.1 Å². The molecular weight excluding hydrogens is 291 g/mol. The van der Waals surface area contributed by atoms with Crippen molar-refractivity contribution in [1.29, 1.82) is 0 Å². The van der Waals surface area contributed by atoms with Crippen molar-refractivity contribution in [2.45, 2.75) is 19.8 Å². The van der Waals surface area contributed by atoms with Gasteiger partial charge in [0.1, 0.15) is 11.2 Å². The van der Waals surface area contributed by atoms with Crippen molar-refractivity contribution in [3.8, 4) is 0 Å². The zero-order valence-corrected chi connectivity index (χ0v) is 12.1. The molecule has 0 radical (unpaired) electrons. The Balaban J connectivity index is 2.48. The van der Waals surface area contributed by atoms with Crippen LogP contribution in [0.15, 0.2) is 11.0 Å². The van der Waals surface area contributed by atoms with E-state index in [0.29, 0.717) is 13.1 Å². The summed E-state index contributed by atoms with van der Waals surface area (Å²) in [6.45, 7) is 2.48. The first-order chi connectivity index (χ1) is 10.5. The first kappa shape index (κ1) is 15.9. The number of unbranched alkanes of at least 4 members (excludes halogenated alkanes) is 1. The van der Waals surface area contributed by atoms with Gasteiger partial charge in [0.25, 0.3) is 0 Å². The van der Waals surface area contributed by atoms with E-state index in [0.717, 1.165) is 19.0 Å². The quantitative estimate of drug-likeness (QED) is 0.595. The van der Waals surface area contributed by atoms with Crippen molar-refractivity contribution in [2.24, 2.45) is 5.73 Å². The molecule has 2 aromatic heterocycles. The van der Waals surface area contributed by atoms with Crippen LogP contribution < -0.4 is 16.5 Å². The fourth-order valence-electron chi connectivity index (χ4n) is 2.16. The Hall–Kier alpha value is -2.48. The highest BCUT2D eigenvalue weighted by molar-refractivity contribution is 5.92. The Bertz CT molecular complexity index is 773. The van der Waals surface area contributed by atoms with E-state index in [-0.39, 0.29) is 22.4 Å². The van der Waals surface area contributed by atoms with Crippen molar-refractivity contribution in [3.05, 3.63) is 33.4 Å². The van der Waals surface area contributed by atoms with E-state index >= 15 is 0 Å². The van der Waals surface area contributed by atoms with Crippen molar-refractivity contribution >= 4 is 22.8 Å². The lowest BCUT2D eigenvalue weighted by molar-refractivity contribution is 0.0695. The minimum atomic E-state index is -1.37. The predicted molar refractivity (Wildman–Crippen MR) is 80.8 cm³/mol. The maximum absolute atomic E-state index is 14.3. The normalized spacial score (nSPS) is 10.9. The number of hydrogen-bond acceptors (Lipinski definition) is 5. The largest absolute Gasteiger partial charge is 0.477 e. The lowest BCUT2D eigenvalue weighted by Gasteiger charge is -2.10. The van der Waals surface area contributed by atoms with E-state index in [9.17, 15) is 14.0 Å². The number of aryl methyl sites for hydroxylation is 1. The number of aromatic carboxylic acids is 1. The average Bonchev–Trinajstić information content (AvgIpc) is 2.48. The second-order valence-electron chi connectivity index (χ2n) is 4.88. The van der Waals surface area contributed by atoms with Gasteiger partial charge in [0.05, 0.1) is 5.39 Å². The molecule has 0 amide bonds. The standard InChI is InChI=1S/C14H17FN4O3/c1-7-9-11(20)8(14(21)22)6-18-12(9)19-13(10(7)15)17-5-3-2-4-16/h6H,2-5,16H2,1H3,(H,21,22)(H2,17,18,19,20). The van der Waals surface area contributed by atoms with Gasteiger partial charge >= 0.3 is 5.97 Å². The van der Waals surface area contributed by atoms with E-state index in [1.807, 2.05) is 0 Å². The molecule has 0 aliphatic rings.